The fraction of sp³-hybridized carbons (Fsp3) is 0.400. The number of carbonyl (C=O) groups excluding carboxylic acids is 1. The van der Waals surface area contributed by atoms with Gasteiger partial charge in [0, 0.05) is 38.9 Å². The summed E-state index contributed by atoms with van der Waals surface area (Å²) < 4.78 is 0. The Morgan fingerprint density at radius 1 is 1.15 bits per heavy atom. The van der Waals surface area contributed by atoms with Gasteiger partial charge < -0.3 is 20.9 Å². The highest BCUT2D eigenvalue weighted by Crippen LogP contribution is 2.14. The molecule has 138 valence electrons. The molecule has 3 N–H and O–H groups in total. The molecule has 1 amide bonds. The molecule has 0 saturated carbocycles. The molecule has 26 heavy (non-hydrogen) atoms. The van der Waals surface area contributed by atoms with Gasteiger partial charge in [-0.1, -0.05) is 35.9 Å². The molecule has 1 unspecified atom stereocenters. The van der Waals surface area contributed by atoms with E-state index in [-0.39, 0.29) is 5.91 Å². The zero-order valence-electron chi connectivity index (χ0n) is 15.5. The molecule has 1 saturated heterocycles. The first kappa shape index (κ1) is 18.4. The van der Waals surface area contributed by atoms with E-state index in [9.17, 15) is 4.79 Å². The Hall–Kier alpha value is -2.44. The fourth-order valence-electron chi connectivity index (χ4n) is 2.97. The van der Waals surface area contributed by atoms with Crippen molar-refractivity contribution in [3.8, 4) is 0 Å². The predicted molar refractivity (Wildman–Crippen MR) is 104 cm³/mol. The fourth-order valence-corrected chi connectivity index (χ4v) is 2.97. The maximum atomic E-state index is 12.3. The van der Waals surface area contributed by atoms with E-state index in [1.54, 1.807) is 0 Å². The van der Waals surface area contributed by atoms with Gasteiger partial charge in [0.15, 0.2) is 0 Å². The largest absolute Gasteiger partial charge is 0.354 e. The van der Waals surface area contributed by atoms with Crippen molar-refractivity contribution < 1.29 is 4.79 Å². The topological polar surface area (TPSA) is 74.5 Å². The van der Waals surface area contributed by atoms with Crippen molar-refractivity contribution in [2.75, 3.05) is 38.1 Å². The highest BCUT2D eigenvalue weighted by molar-refractivity contribution is 5.82. The molecule has 2 heterocycles. The molecule has 3 rings (SSSR count). The second kappa shape index (κ2) is 8.29. The van der Waals surface area contributed by atoms with Crippen molar-refractivity contribution in [3.63, 3.8) is 0 Å². The quantitative estimate of drug-likeness (QED) is 0.851. The zero-order chi connectivity index (χ0) is 18.5. The van der Waals surface area contributed by atoms with Crippen LogP contribution in [0.25, 0.3) is 0 Å². The Bertz CT molecular complexity index is 721. The Labute approximate surface area is 155 Å². The monoisotopic (exact) mass is 353 g/mol. The summed E-state index contributed by atoms with van der Waals surface area (Å²) in [5.41, 5.74) is 8.97. The number of hydrogen-bond donors (Lipinski definition) is 2. The minimum absolute atomic E-state index is 0.183. The molecule has 0 spiro atoms. The smallest absolute Gasteiger partial charge is 0.241 e. The van der Waals surface area contributed by atoms with Crippen LogP contribution in [-0.2, 0) is 11.3 Å². The summed E-state index contributed by atoms with van der Waals surface area (Å²) in [4.78, 5) is 21.4. The number of aryl methyl sites for hydroxylation is 1. The number of likely N-dealkylation sites (N-methyl/N-ethyl adjacent to an activating group) is 1. The summed E-state index contributed by atoms with van der Waals surface area (Å²) in [7, 11) is 2.14. The van der Waals surface area contributed by atoms with E-state index < -0.39 is 6.04 Å². The number of rotatable bonds is 5. The van der Waals surface area contributed by atoms with Gasteiger partial charge in [0.05, 0.1) is 0 Å². The van der Waals surface area contributed by atoms with Gasteiger partial charge in [0.25, 0.3) is 0 Å². The molecule has 1 aromatic carbocycles. The number of nitrogens with one attached hydrogen (secondary N) is 1. The van der Waals surface area contributed by atoms with Crippen LogP contribution in [-0.4, -0.2) is 49.0 Å². The lowest BCUT2D eigenvalue weighted by atomic mass is 10.1. The van der Waals surface area contributed by atoms with Crippen LogP contribution in [0.1, 0.15) is 22.7 Å². The zero-order valence-corrected chi connectivity index (χ0v) is 15.5. The molecule has 0 bridgehead atoms. The Kier molecular flexibility index (Phi) is 5.85. The molecule has 1 aliphatic heterocycles. The number of hydrogen-bond acceptors (Lipinski definition) is 5. The van der Waals surface area contributed by atoms with E-state index in [0.29, 0.717) is 6.54 Å². The molecule has 6 heteroatoms. The average Bonchev–Trinajstić information content (AvgIpc) is 2.67. The first-order valence-corrected chi connectivity index (χ1v) is 9.01. The first-order chi connectivity index (χ1) is 12.5. The highest BCUT2D eigenvalue weighted by Gasteiger charge is 2.16. The van der Waals surface area contributed by atoms with Crippen LogP contribution in [0.4, 0.5) is 5.82 Å². The molecular formula is C20H27N5O. The van der Waals surface area contributed by atoms with Crippen molar-refractivity contribution in [2.45, 2.75) is 19.5 Å². The summed E-state index contributed by atoms with van der Waals surface area (Å²) in [6, 6.07) is 11.1. The summed E-state index contributed by atoms with van der Waals surface area (Å²) in [6.45, 7) is 6.52. The van der Waals surface area contributed by atoms with Gasteiger partial charge in [-0.3, -0.25) is 4.79 Å². The third-order valence-corrected chi connectivity index (χ3v) is 4.82. The summed E-state index contributed by atoms with van der Waals surface area (Å²) in [6.07, 6.45) is 1.82. The van der Waals surface area contributed by atoms with E-state index in [2.05, 4.69) is 27.1 Å². The third-order valence-electron chi connectivity index (χ3n) is 4.82. The normalized spacial score (nSPS) is 16.3. The van der Waals surface area contributed by atoms with Gasteiger partial charge in [-0.25, -0.2) is 4.98 Å². The van der Waals surface area contributed by atoms with E-state index >= 15 is 0 Å². The molecule has 1 aromatic heterocycles. The molecule has 2 aromatic rings. The van der Waals surface area contributed by atoms with Crippen molar-refractivity contribution in [1.82, 2.24) is 15.2 Å². The number of anilines is 1. The van der Waals surface area contributed by atoms with E-state index in [0.717, 1.165) is 48.7 Å². The summed E-state index contributed by atoms with van der Waals surface area (Å²) in [5, 5.41) is 2.89. The van der Waals surface area contributed by atoms with Gasteiger partial charge in [-0.15, -0.1) is 0 Å². The number of pyridine rings is 1. The molecule has 6 nitrogen and oxygen atoms in total. The Morgan fingerprint density at radius 3 is 2.46 bits per heavy atom. The van der Waals surface area contributed by atoms with Crippen LogP contribution in [0.5, 0.6) is 0 Å². The third kappa shape index (κ3) is 4.59. The summed E-state index contributed by atoms with van der Waals surface area (Å²) >= 11 is 0. The molecule has 0 radical (unpaired) electrons. The van der Waals surface area contributed by atoms with Crippen molar-refractivity contribution in [1.29, 1.82) is 0 Å². The molecule has 0 aliphatic carbocycles. The second-order valence-corrected chi connectivity index (χ2v) is 6.92. The van der Waals surface area contributed by atoms with Crippen LogP contribution < -0.4 is 16.0 Å². The first-order valence-electron chi connectivity index (χ1n) is 9.01. The van der Waals surface area contributed by atoms with Crippen molar-refractivity contribution in [3.05, 3.63) is 59.3 Å². The lowest BCUT2D eigenvalue weighted by molar-refractivity contribution is -0.122. The predicted octanol–water partition coefficient (Wildman–Crippen LogP) is 1.46. The second-order valence-electron chi connectivity index (χ2n) is 6.92. The average molecular weight is 353 g/mol. The number of amides is 1. The summed E-state index contributed by atoms with van der Waals surface area (Å²) in [5.74, 6) is 0.807. The van der Waals surface area contributed by atoms with Crippen molar-refractivity contribution in [2.24, 2.45) is 5.73 Å². The number of carbonyl (C=O) groups is 1. The van der Waals surface area contributed by atoms with E-state index in [1.807, 2.05) is 49.5 Å². The minimum atomic E-state index is -0.659. The number of benzene rings is 1. The van der Waals surface area contributed by atoms with Crippen LogP contribution in [0.15, 0.2) is 42.6 Å². The van der Waals surface area contributed by atoms with Crippen LogP contribution in [0, 0.1) is 6.92 Å². The van der Waals surface area contributed by atoms with Gasteiger partial charge in [-0.05, 0) is 31.2 Å². The number of aromatic nitrogens is 1. The van der Waals surface area contributed by atoms with Crippen LogP contribution in [0.2, 0.25) is 0 Å². The Balaban J connectivity index is 1.52. The van der Waals surface area contributed by atoms with Gasteiger partial charge in [0.2, 0.25) is 5.91 Å². The molecular weight excluding hydrogens is 326 g/mol. The van der Waals surface area contributed by atoms with E-state index in [1.165, 1.54) is 0 Å². The highest BCUT2D eigenvalue weighted by atomic mass is 16.2. The van der Waals surface area contributed by atoms with E-state index in [4.69, 9.17) is 5.73 Å². The number of piperazine rings is 1. The van der Waals surface area contributed by atoms with Gasteiger partial charge in [0.1, 0.15) is 11.9 Å². The Morgan fingerprint density at radius 2 is 1.85 bits per heavy atom. The van der Waals surface area contributed by atoms with Crippen LogP contribution >= 0.6 is 0 Å². The van der Waals surface area contributed by atoms with Gasteiger partial charge >= 0.3 is 0 Å². The molecule has 1 atom stereocenters. The number of nitrogens with two attached hydrogens (primary N) is 1. The molecule has 1 aliphatic rings. The minimum Gasteiger partial charge on any atom is -0.354 e. The maximum Gasteiger partial charge on any atom is 0.241 e. The number of nitrogens with zero attached hydrogens (tertiary/aromatic N) is 3. The van der Waals surface area contributed by atoms with Gasteiger partial charge in [-0.2, -0.15) is 0 Å². The van der Waals surface area contributed by atoms with Crippen molar-refractivity contribution >= 4 is 11.7 Å². The molecule has 1 fully saturated rings. The van der Waals surface area contributed by atoms with Crippen LogP contribution in [0.3, 0.4) is 0 Å². The lowest BCUT2D eigenvalue weighted by Crippen LogP contribution is -2.44. The standard InChI is InChI=1S/C20H27N5O/c1-15-3-6-17(7-4-15)19(21)20(26)23-14-16-5-8-18(22-13-16)25-11-9-24(2)10-12-25/h3-8,13,19H,9-12,14,21H2,1-2H3,(H,23,26). The lowest BCUT2D eigenvalue weighted by Gasteiger charge is -2.33. The SMILES string of the molecule is Cc1ccc(C(N)C(=O)NCc2ccc(N3CCN(C)CC3)nc2)cc1. The maximum absolute atomic E-state index is 12.3.